The molecule has 0 spiro atoms. The van der Waals surface area contributed by atoms with E-state index in [0.717, 1.165) is 22.5 Å². The highest BCUT2D eigenvalue weighted by Crippen LogP contribution is 2.29. The molecule has 1 aromatic heterocycles. The third-order valence-corrected chi connectivity index (χ3v) is 5.18. The maximum atomic E-state index is 12.9. The van der Waals surface area contributed by atoms with Crippen molar-refractivity contribution in [1.82, 2.24) is 14.7 Å². The molecule has 1 aliphatic rings. The molecule has 1 amide bonds. The number of nitrogens with zero attached hydrogens (tertiary/aromatic N) is 3. The summed E-state index contributed by atoms with van der Waals surface area (Å²) in [4.78, 5) is 25.7. The molecule has 1 saturated heterocycles. The number of benzene rings is 1. The zero-order chi connectivity index (χ0) is 19.6. The Morgan fingerprint density at radius 1 is 1.26 bits per heavy atom. The molecular weight excluding hydrogens is 346 g/mol. The van der Waals surface area contributed by atoms with Crippen LogP contribution in [0.25, 0.3) is 0 Å². The molecule has 0 bridgehead atoms. The second kappa shape index (κ2) is 7.92. The van der Waals surface area contributed by atoms with Gasteiger partial charge >= 0.3 is 5.97 Å². The molecule has 0 saturated carbocycles. The molecule has 7 heteroatoms. The number of carbonyl (C=O) groups is 2. The fourth-order valence-corrected chi connectivity index (χ4v) is 3.62. The van der Waals surface area contributed by atoms with Gasteiger partial charge in [0, 0.05) is 31.3 Å². The van der Waals surface area contributed by atoms with E-state index in [0.29, 0.717) is 32.6 Å². The van der Waals surface area contributed by atoms with Gasteiger partial charge < -0.3 is 14.7 Å². The van der Waals surface area contributed by atoms with E-state index in [-0.39, 0.29) is 17.5 Å². The fourth-order valence-electron chi connectivity index (χ4n) is 3.62. The molecule has 7 nitrogen and oxygen atoms in total. The first kappa shape index (κ1) is 19.1. The van der Waals surface area contributed by atoms with Crippen LogP contribution in [0.1, 0.15) is 45.3 Å². The van der Waals surface area contributed by atoms with Gasteiger partial charge in [0.2, 0.25) is 5.91 Å². The van der Waals surface area contributed by atoms with Crippen molar-refractivity contribution in [3.05, 3.63) is 52.3 Å². The summed E-state index contributed by atoms with van der Waals surface area (Å²) in [5, 5.41) is 13.4. The van der Waals surface area contributed by atoms with Crippen molar-refractivity contribution >= 4 is 11.9 Å². The van der Waals surface area contributed by atoms with Gasteiger partial charge in [-0.3, -0.25) is 9.48 Å². The number of hydrogen-bond donors (Lipinski definition) is 1. The van der Waals surface area contributed by atoms with Crippen molar-refractivity contribution in [2.75, 3.05) is 19.8 Å². The molecule has 2 aromatic rings. The third-order valence-electron chi connectivity index (χ3n) is 5.18. The standard InChI is InChI=1S/C20H25N3O4/c1-13-19(14(2)22(3)21-13)17-12-27-11-10-23(17)18(24)9-6-15-4-7-16(8-5-15)20(25)26/h4-5,7-8,17H,6,9-12H2,1-3H3,(H,25,26). The summed E-state index contributed by atoms with van der Waals surface area (Å²) in [6.45, 7) is 5.55. The quantitative estimate of drug-likeness (QED) is 0.872. The van der Waals surface area contributed by atoms with E-state index in [9.17, 15) is 9.59 Å². The highest BCUT2D eigenvalue weighted by molar-refractivity contribution is 5.87. The predicted octanol–water partition coefficient (Wildman–Crippen LogP) is 2.27. The van der Waals surface area contributed by atoms with Crippen LogP contribution in [0.15, 0.2) is 24.3 Å². The van der Waals surface area contributed by atoms with Gasteiger partial charge in [0.1, 0.15) is 0 Å². The zero-order valence-electron chi connectivity index (χ0n) is 15.9. The first-order valence-electron chi connectivity index (χ1n) is 9.08. The summed E-state index contributed by atoms with van der Waals surface area (Å²) in [6.07, 6.45) is 0.953. The molecule has 1 unspecified atom stereocenters. The third kappa shape index (κ3) is 4.03. The summed E-state index contributed by atoms with van der Waals surface area (Å²) in [5.74, 6) is -0.871. The van der Waals surface area contributed by atoms with Crippen molar-refractivity contribution in [2.45, 2.75) is 32.7 Å². The van der Waals surface area contributed by atoms with Crippen LogP contribution in [-0.2, 0) is 23.0 Å². The molecule has 144 valence electrons. The van der Waals surface area contributed by atoms with E-state index in [1.807, 2.05) is 30.5 Å². The topological polar surface area (TPSA) is 84.7 Å². The molecule has 1 N–H and O–H groups in total. The lowest BCUT2D eigenvalue weighted by Gasteiger charge is -2.36. The monoisotopic (exact) mass is 371 g/mol. The number of hydrogen-bond acceptors (Lipinski definition) is 4. The van der Waals surface area contributed by atoms with E-state index in [1.165, 1.54) is 0 Å². The number of rotatable bonds is 5. The van der Waals surface area contributed by atoms with Gasteiger partial charge in [-0.15, -0.1) is 0 Å². The Hall–Kier alpha value is -2.67. The predicted molar refractivity (Wildman–Crippen MR) is 99.7 cm³/mol. The number of carboxylic acid groups (broad SMARTS) is 1. The molecule has 1 fully saturated rings. The SMILES string of the molecule is Cc1nn(C)c(C)c1C1COCCN1C(=O)CCc1ccc(C(=O)O)cc1. The minimum absolute atomic E-state index is 0.0771. The zero-order valence-corrected chi connectivity index (χ0v) is 15.9. The average molecular weight is 371 g/mol. The molecule has 27 heavy (non-hydrogen) atoms. The molecule has 0 aliphatic carbocycles. The Bertz CT molecular complexity index is 842. The van der Waals surface area contributed by atoms with Gasteiger partial charge in [0.25, 0.3) is 0 Å². The molecule has 1 aromatic carbocycles. The van der Waals surface area contributed by atoms with Crippen molar-refractivity contribution in [1.29, 1.82) is 0 Å². The average Bonchev–Trinajstić information content (AvgIpc) is 2.91. The van der Waals surface area contributed by atoms with Crippen molar-refractivity contribution in [3.8, 4) is 0 Å². The lowest BCUT2D eigenvalue weighted by Crippen LogP contribution is -2.43. The summed E-state index contributed by atoms with van der Waals surface area (Å²) < 4.78 is 7.49. The number of aromatic nitrogens is 2. The molecule has 3 rings (SSSR count). The van der Waals surface area contributed by atoms with Gasteiger partial charge in [-0.1, -0.05) is 12.1 Å². The van der Waals surface area contributed by atoms with E-state index in [4.69, 9.17) is 9.84 Å². The Kier molecular flexibility index (Phi) is 5.60. The van der Waals surface area contributed by atoms with Crippen LogP contribution in [0.2, 0.25) is 0 Å². The molecular formula is C20H25N3O4. The number of ether oxygens (including phenoxy) is 1. The van der Waals surface area contributed by atoms with Crippen LogP contribution in [0, 0.1) is 13.8 Å². The Morgan fingerprint density at radius 2 is 1.96 bits per heavy atom. The molecule has 1 atom stereocenters. The second-order valence-electron chi connectivity index (χ2n) is 6.89. The Balaban J connectivity index is 1.71. The van der Waals surface area contributed by atoms with Gasteiger partial charge in [-0.25, -0.2) is 4.79 Å². The van der Waals surface area contributed by atoms with Gasteiger partial charge in [0.15, 0.2) is 0 Å². The minimum atomic E-state index is -0.948. The van der Waals surface area contributed by atoms with E-state index < -0.39 is 5.97 Å². The lowest BCUT2D eigenvalue weighted by atomic mass is 10.0. The highest BCUT2D eigenvalue weighted by Gasteiger charge is 2.32. The van der Waals surface area contributed by atoms with Gasteiger partial charge in [-0.05, 0) is 38.0 Å². The largest absolute Gasteiger partial charge is 0.478 e. The van der Waals surface area contributed by atoms with Crippen LogP contribution >= 0.6 is 0 Å². The van der Waals surface area contributed by atoms with Gasteiger partial charge in [0.05, 0.1) is 30.5 Å². The first-order valence-corrected chi connectivity index (χ1v) is 9.08. The van der Waals surface area contributed by atoms with Crippen LogP contribution in [0.3, 0.4) is 0 Å². The number of carboxylic acids is 1. The van der Waals surface area contributed by atoms with E-state index in [1.54, 1.807) is 24.3 Å². The van der Waals surface area contributed by atoms with E-state index in [2.05, 4.69) is 5.10 Å². The van der Waals surface area contributed by atoms with Crippen molar-refractivity contribution in [3.63, 3.8) is 0 Å². The van der Waals surface area contributed by atoms with Crippen LogP contribution in [-0.4, -0.2) is 51.4 Å². The molecule has 0 radical (unpaired) electrons. The smallest absolute Gasteiger partial charge is 0.335 e. The fraction of sp³-hybridized carbons (Fsp3) is 0.450. The highest BCUT2D eigenvalue weighted by atomic mass is 16.5. The normalized spacial score (nSPS) is 17.1. The van der Waals surface area contributed by atoms with Crippen molar-refractivity contribution in [2.24, 2.45) is 7.05 Å². The molecule has 1 aliphatic heterocycles. The summed E-state index contributed by atoms with van der Waals surface area (Å²) in [5.41, 5.74) is 4.24. The maximum absolute atomic E-state index is 12.9. The second-order valence-corrected chi connectivity index (χ2v) is 6.89. The number of aromatic carboxylic acids is 1. The van der Waals surface area contributed by atoms with E-state index >= 15 is 0 Å². The van der Waals surface area contributed by atoms with Crippen LogP contribution in [0.4, 0.5) is 0 Å². The number of amides is 1. The maximum Gasteiger partial charge on any atom is 0.335 e. The van der Waals surface area contributed by atoms with Crippen LogP contribution < -0.4 is 0 Å². The van der Waals surface area contributed by atoms with Gasteiger partial charge in [-0.2, -0.15) is 5.10 Å². The Labute approximate surface area is 158 Å². The number of carbonyl (C=O) groups excluding carboxylic acids is 1. The Morgan fingerprint density at radius 3 is 2.56 bits per heavy atom. The summed E-state index contributed by atoms with van der Waals surface area (Å²) in [7, 11) is 1.91. The number of aryl methyl sites for hydroxylation is 3. The van der Waals surface area contributed by atoms with Crippen LogP contribution in [0.5, 0.6) is 0 Å². The molecule has 2 heterocycles. The minimum Gasteiger partial charge on any atom is -0.478 e. The summed E-state index contributed by atoms with van der Waals surface area (Å²) >= 11 is 0. The number of morpholine rings is 1. The summed E-state index contributed by atoms with van der Waals surface area (Å²) in [6, 6.07) is 6.56. The lowest BCUT2D eigenvalue weighted by molar-refractivity contribution is -0.140. The van der Waals surface area contributed by atoms with Crippen molar-refractivity contribution < 1.29 is 19.4 Å². The first-order chi connectivity index (χ1) is 12.9.